The lowest BCUT2D eigenvalue weighted by molar-refractivity contribution is 0.144. The molecule has 146 valence electrons. The van der Waals surface area contributed by atoms with Gasteiger partial charge in [-0.1, -0.05) is 29.8 Å². The molecule has 0 saturated heterocycles. The van der Waals surface area contributed by atoms with Crippen molar-refractivity contribution in [3.8, 4) is 11.5 Å². The maximum Gasteiger partial charge on any atom is 0.137 e. The number of aliphatic hydroxyl groups is 1. The summed E-state index contributed by atoms with van der Waals surface area (Å²) in [6, 6.07) is 16.7. The number of thiophene rings is 1. The van der Waals surface area contributed by atoms with Gasteiger partial charge in [0.05, 0.1) is 6.61 Å². The van der Waals surface area contributed by atoms with Gasteiger partial charge in [-0.3, -0.25) is 4.90 Å². The smallest absolute Gasteiger partial charge is 0.137 e. The van der Waals surface area contributed by atoms with Gasteiger partial charge in [0.2, 0.25) is 0 Å². The topological polar surface area (TPSA) is 41.9 Å². The van der Waals surface area contributed by atoms with Crippen LogP contribution in [0, 0.1) is 6.92 Å². The van der Waals surface area contributed by atoms with Crippen molar-refractivity contribution in [2.45, 2.75) is 26.1 Å². The Kier molecular flexibility index (Phi) is 5.95. The third-order valence-electron chi connectivity index (χ3n) is 4.91. The molecule has 0 spiro atoms. The molecule has 0 fully saturated rings. The van der Waals surface area contributed by atoms with E-state index in [9.17, 15) is 0 Å². The van der Waals surface area contributed by atoms with Crippen molar-refractivity contribution in [2.75, 3.05) is 19.8 Å². The zero-order chi connectivity index (χ0) is 19.3. The number of aliphatic hydroxyl groups excluding tert-OH is 1. The van der Waals surface area contributed by atoms with Crippen LogP contribution in [0.3, 0.4) is 0 Å². The molecule has 2 aromatic carbocycles. The van der Waals surface area contributed by atoms with Crippen LogP contribution in [-0.2, 0) is 13.1 Å². The zero-order valence-corrected chi connectivity index (χ0v) is 16.8. The highest BCUT2D eigenvalue weighted by molar-refractivity contribution is 7.07. The summed E-state index contributed by atoms with van der Waals surface area (Å²) < 4.78 is 11.9. The molecule has 0 amide bonds. The first kappa shape index (κ1) is 19.0. The van der Waals surface area contributed by atoms with Crippen LogP contribution in [0.4, 0.5) is 0 Å². The second-order valence-corrected chi connectivity index (χ2v) is 7.94. The maximum absolute atomic E-state index is 8.89. The molecule has 0 saturated carbocycles. The Hall–Kier alpha value is -2.34. The normalized spacial score (nSPS) is 16.9. The van der Waals surface area contributed by atoms with Gasteiger partial charge >= 0.3 is 0 Å². The summed E-state index contributed by atoms with van der Waals surface area (Å²) >= 11 is 1.71. The predicted octanol–water partition coefficient (Wildman–Crippen LogP) is 4.56. The second-order valence-electron chi connectivity index (χ2n) is 7.16. The lowest BCUT2D eigenvalue weighted by Crippen LogP contribution is -2.27. The molecule has 1 unspecified atom stereocenters. The summed E-state index contributed by atoms with van der Waals surface area (Å²) in [5.41, 5.74) is 4.95. The first-order valence-electron chi connectivity index (χ1n) is 9.54. The van der Waals surface area contributed by atoms with Gasteiger partial charge in [0.25, 0.3) is 0 Å². The zero-order valence-electron chi connectivity index (χ0n) is 16.0. The lowest BCUT2D eigenvalue weighted by atomic mass is 10.1. The summed E-state index contributed by atoms with van der Waals surface area (Å²) in [4.78, 5) is 2.44. The Balaban J connectivity index is 1.55. The first-order valence-corrected chi connectivity index (χ1v) is 10.5. The number of benzene rings is 2. The van der Waals surface area contributed by atoms with Crippen LogP contribution in [-0.4, -0.2) is 29.8 Å². The average molecular weight is 396 g/mol. The number of hydrogen-bond donors (Lipinski definition) is 1. The van der Waals surface area contributed by atoms with Gasteiger partial charge in [-0.15, -0.1) is 0 Å². The van der Waals surface area contributed by atoms with E-state index in [0.717, 1.165) is 31.1 Å². The highest BCUT2D eigenvalue weighted by Gasteiger charge is 2.24. The van der Waals surface area contributed by atoms with Crippen LogP contribution >= 0.6 is 11.3 Å². The Morgan fingerprint density at radius 1 is 1.18 bits per heavy atom. The van der Waals surface area contributed by atoms with Crippen LogP contribution in [0.2, 0.25) is 0 Å². The molecule has 3 aromatic rings. The largest absolute Gasteiger partial charge is 0.491 e. The van der Waals surface area contributed by atoms with E-state index in [2.05, 4.69) is 59.0 Å². The minimum Gasteiger partial charge on any atom is -0.491 e. The van der Waals surface area contributed by atoms with Crippen molar-refractivity contribution in [2.24, 2.45) is 0 Å². The number of ether oxygens (including phenoxy) is 2. The van der Waals surface area contributed by atoms with E-state index < -0.39 is 0 Å². The Labute approximate surface area is 170 Å². The lowest BCUT2D eigenvalue weighted by Gasteiger charge is -2.23. The van der Waals surface area contributed by atoms with Gasteiger partial charge in [-0.2, -0.15) is 11.3 Å². The third-order valence-corrected chi connectivity index (χ3v) is 5.61. The highest BCUT2D eigenvalue weighted by Crippen LogP contribution is 2.33. The molecule has 1 atom stereocenters. The van der Waals surface area contributed by atoms with Gasteiger partial charge in [0.1, 0.15) is 24.2 Å². The van der Waals surface area contributed by atoms with Gasteiger partial charge in [0, 0.05) is 30.8 Å². The third kappa shape index (κ3) is 4.55. The van der Waals surface area contributed by atoms with Crippen molar-refractivity contribution < 1.29 is 14.6 Å². The van der Waals surface area contributed by atoms with Crippen molar-refractivity contribution in [3.63, 3.8) is 0 Å². The van der Waals surface area contributed by atoms with Gasteiger partial charge in [0.15, 0.2) is 0 Å². The molecule has 2 heterocycles. The van der Waals surface area contributed by atoms with Crippen LogP contribution < -0.4 is 9.47 Å². The van der Waals surface area contributed by atoms with Gasteiger partial charge in [-0.05, 0) is 47.5 Å². The number of hydrogen-bond acceptors (Lipinski definition) is 5. The van der Waals surface area contributed by atoms with E-state index in [-0.39, 0.29) is 12.7 Å². The molecule has 5 heteroatoms. The molecule has 1 aromatic heterocycles. The number of rotatable bonds is 6. The molecule has 1 aliphatic rings. The molecule has 0 aliphatic carbocycles. The SMILES string of the molecule is Cc1ccc2c(c1)CN(Cc1ccc(OCCO)cc1)CC(c1ccsc1)O2. The summed E-state index contributed by atoms with van der Waals surface area (Å²) in [5.74, 6) is 1.77. The molecule has 1 aliphatic heterocycles. The van der Waals surface area contributed by atoms with E-state index in [0.29, 0.717) is 6.61 Å². The van der Waals surface area contributed by atoms with Crippen LogP contribution in [0.25, 0.3) is 0 Å². The Morgan fingerprint density at radius 3 is 2.79 bits per heavy atom. The minimum absolute atomic E-state index is 0.0261. The molecule has 4 rings (SSSR count). The summed E-state index contributed by atoms with van der Waals surface area (Å²) in [6.45, 7) is 5.02. The van der Waals surface area contributed by atoms with Crippen molar-refractivity contribution in [3.05, 3.63) is 81.5 Å². The molecule has 0 radical (unpaired) electrons. The molecular weight excluding hydrogens is 370 g/mol. The van der Waals surface area contributed by atoms with Gasteiger partial charge in [-0.25, -0.2) is 0 Å². The van der Waals surface area contributed by atoms with Crippen LogP contribution in [0.1, 0.15) is 28.4 Å². The molecule has 0 bridgehead atoms. The van der Waals surface area contributed by atoms with E-state index >= 15 is 0 Å². The summed E-state index contributed by atoms with van der Waals surface area (Å²) in [6.07, 6.45) is 0.0300. The van der Waals surface area contributed by atoms with Crippen molar-refractivity contribution >= 4 is 11.3 Å². The predicted molar refractivity (Wildman–Crippen MR) is 112 cm³/mol. The fourth-order valence-electron chi connectivity index (χ4n) is 3.54. The first-order chi connectivity index (χ1) is 13.7. The highest BCUT2D eigenvalue weighted by atomic mass is 32.1. The van der Waals surface area contributed by atoms with E-state index in [1.54, 1.807) is 11.3 Å². The second kappa shape index (κ2) is 8.78. The van der Waals surface area contributed by atoms with E-state index in [4.69, 9.17) is 14.6 Å². The standard InChI is InChI=1S/C23H25NO3S/c1-17-2-7-22-20(12-17)14-24(15-23(27-22)19-8-11-28-16-19)13-18-3-5-21(6-4-18)26-10-9-25/h2-8,11-12,16,23,25H,9-10,13-15H2,1H3. The van der Waals surface area contributed by atoms with Crippen molar-refractivity contribution in [1.82, 2.24) is 4.90 Å². The maximum atomic E-state index is 8.89. The Bertz CT molecular complexity index is 893. The van der Waals surface area contributed by atoms with E-state index in [1.807, 2.05) is 12.1 Å². The Morgan fingerprint density at radius 2 is 2.04 bits per heavy atom. The fourth-order valence-corrected chi connectivity index (χ4v) is 4.24. The number of aryl methyl sites for hydroxylation is 1. The van der Waals surface area contributed by atoms with Crippen LogP contribution in [0.5, 0.6) is 11.5 Å². The summed E-state index contributed by atoms with van der Waals surface area (Å²) in [5, 5.41) is 13.2. The quantitative estimate of drug-likeness (QED) is 0.664. The molecule has 1 N–H and O–H groups in total. The molecular formula is C23H25NO3S. The molecule has 4 nitrogen and oxygen atoms in total. The molecule has 28 heavy (non-hydrogen) atoms. The number of nitrogens with zero attached hydrogens (tertiary/aromatic N) is 1. The van der Waals surface area contributed by atoms with Gasteiger partial charge < -0.3 is 14.6 Å². The average Bonchev–Trinajstić information content (AvgIpc) is 3.17. The minimum atomic E-state index is 0.0261. The monoisotopic (exact) mass is 395 g/mol. The number of fused-ring (bicyclic) bond motifs is 1. The van der Waals surface area contributed by atoms with E-state index in [1.165, 1.54) is 22.3 Å². The fraction of sp³-hybridized carbons (Fsp3) is 0.304. The summed E-state index contributed by atoms with van der Waals surface area (Å²) in [7, 11) is 0. The van der Waals surface area contributed by atoms with Crippen LogP contribution in [0.15, 0.2) is 59.3 Å². The van der Waals surface area contributed by atoms with Crippen molar-refractivity contribution in [1.29, 1.82) is 0 Å².